The highest BCUT2D eigenvalue weighted by molar-refractivity contribution is 6.14. The van der Waals surface area contributed by atoms with Gasteiger partial charge < -0.3 is 9.84 Å². The molecule has 0 saturated carbocycles. The Bertz CT molecular complexity index is 931. The Morgan fingerprint density at radius 1 is 1.36 bits per heavy atom. The average molecular weight is 341 g/mol. The van der Waals surface area contributed by atoms with E-state index in [1.807, 2.05) is 0 Å². The molecule has 0 amide bonds. The molecule has 0 bridgehead atoms. The Balaban J connectivity index is 2.55. The quantitative estimate of drug-likeness (QED) is 0.271. The number of nitro benzene ring substituents is 1. The van der Waals surface area contributed by atoms with Gasteiger partial charge in [0.25, 0.3) is 5.69 Å². The second-order valence-electron chi connectivity index (χ2n) is 4.81. The lowest BCUT2D eigenvalue weighted by Crippen LogP contribution is -2.05. The molecule has 2 rings (SSSR count). The van der Waals surface area contributed by atoms with Crippen LogP contribution in [0, 0.1) is 27.3 Å². The number of carbonyl (C=O) groups excluding carboxylic acids is 1. The fourth-order valence-corrected chi connectivity index (χ4v) is 2.08. The Labute approximate surface area is 141 Å². The molecule has 0 N–H and O–H groups in total. The van der Waals surface area contributed by atoms with Gasteiger partial charge in [0, 0.05) is 11.8 Å². The number of Topliss-reactive ketones (excluding diaryl/α,β-unsaturated/α-hetero) is 1. The maximum atomic E-state index is 13.7. The van der Waals surface area contributed by atoms with Crippen LogP contribution in [0.5, 0.6) is 11.5 Å². The van der Waals surface area contributed by atoms with Crippen molar-refractivity contribution in [1.29, 1.82) is 5.26 Å². The summed E-state index contributed by atoms with van der Waals surface area (Å²) in [6.07, 6.45) is 1.03. The van der Waals surface area contributed by atoms with Gasteiger partial charge in [-0.3, -0.25) is 14.9 Å². The average Bonchev–Trinajstić information content (AvgIpc) is 2.60. The molecule has 0 fully saturated rings. The Morgan fingerprint density at radius 2 is 2.04 bits per heavy atom. The van der Waals surface area contributed by atoms with Crippen LogP contribution in [0.2, 0.25) is 0 Å². The first-order chi connectivity index (χ1) is 11.9. The summed E-state index contributed by atoms with van der Waals surface area (Å²) >= 11 is 0. The third-order valence-corrected chi connectivity index (χ3v) is 3.27. The van der Waals surface area contributed by atoms with Crippen LogP contribution >= 0.6 is 0 Å². The fourth-order valence-electron chi connectivity index (χ4n) is 2.08. The van der Waals surface area contributed by atoms with Crippen LogP contribution in [0.3, 0.4) is 0 Å². The zero-order valence-electron chi connectivity index (χ0n) is 12.9. The van der Waals surface area contributed by atoms with E-state index >= 15 is 0 Å². The normalized spacial score (nSPS) is 10.8. The Hall–Kier alpha value is -3.73. The van der Waals surface area contributed by atoms with E-state index in [0.29, 0.717) is 0 Å². The summed E-state index contributed by atoms with van der Waals surface area (Å²) in [6, 6.07) is 8.81. The third-order valence-electron chi connectivity index (χ3n) is 3.27. The van der Waals surface area contributed by atoms with E-state index in [1.165, 1.54) is 18.2 Å². The summed E-state index contributed by atoms with van der Waals surface area (Å²) in [4.78, 5) is 22.3. The molecule has 0 radical (unpaired) electrons. The third kappa shape index (κ3) is 3.61. The fraction of sp³-hybridized carbons (Fsp3) is 0.0588. The van der Waals surface area contributed by atoms with Crippen molar-refractivity contribution in [1.82, 2.24) is 0 Å². The SMILES string of the molecule is COc1cc(/C=C(\C#N)C(=O)c2ccccc2F)cc([N+](=O)[O-])c1[O-]. The van der Waals surface area contributed by atoms with Gasteiger partial charge in [0.15, 0.2) is 0 Å². The van der Waals surface area contributed by atoms with Crippen LogP contribution in [-0.2, 0) is 0 Å². The number of hydrogen-bond acceptors (Lipinski definition) is 6. The van der Waals surface area contributed by atoms with Crippen molar-refractivity contribution in [3.8, 4) is 17.6 Å². The molecule has 0 aromatic heterocycles. The first-order valence-electron chi connectivity index (χ1n) is 6.83. The van der Waals surface area contributed by atoms with Crippen LogP contribution in [-0.4, -0.2) is 17.8 Å². The van der Waals surface area contributed by atoms with Crippen LogP contribution in [0.25, 0.3) is 6.08 Å². The van der Waals surface area contributed by atoms with Gasteiger partial charge in [-0.15, -0.1) is 0 Å². The highest BCUT2D eigenvalue weighted by atomic mass is 19.1. The molecule has 0 aliphatic rings. The first kappa shape index (κ1) is 17.6. The molecule has 126 valence electrons. The van der Waals surface area contributed by atoms with Gasteiger partial charge in [-0.25, -0.2) is 4.39 Å². The lowest BCUT2D eigenvalue weighted by Gasteiger charge is -2.13. The largest absolute Gasteiger partial charge is 0.865 e. The van der Waals surface area contributed by atoms with Gasteiger partial charge in [-0.2, -0.15) is 5.26 Å². The van der Waals surface area contributed by atoms with E-state index in [4.69, 9.17) is 4.74 Å². The molecule has 0 spiro atoms. The summed E-state index contributed by atoms with van der Waals surface area (Å²) in [7, 11) is 1.16. The maximum Gasteiger partial charge on any atom is 0.266 e. The van der Waals surface area contributed by atoms with Crippen molar-refractivity contribution in [2.75, 3.05) is 7.11 Å². The van der Waals surface area contributed by atoms with Gasteiger partial charge >= 0.3 is 0 Å². The number of nitro groups is 1. The number of carbonyl (C=O) groups is 1. The van der Waals surface area contributed by atoms with Crippen molar-refractivity contribution < 1.29 is 24.0 Å². The van der Waals surface area contributed by atoms with Gasteiger partial charge in [-0.1, -0.05) is 12.1 Å². The number of rotatable bonds is 5. The number of methoxy groups -OCH3 is 1. The topological polar surface area (TPSA) is 116 Å². The molecule has 25 heavy (non-hydrogen) atoms. The molecule has 2 aromatic rings. The molecule has 0 atom stereocenters. The number of ether oxygens (including phenoxy) is 1. The maximum absolute atomic E-state index is 13.7. The number of hydrogen-bond donors (Lipinski definition) is 0. The number of allylic oxidation sites excluding steroid dienone is 1. The minimum Gasteiger partial charge on any atom is -0.865 e. The van der Waals surface area contributed by atoms with Crippen LogP contribution in [0.15, 0.2) is 42.0 Å². The van der Waals surface area contributed by atoms with E-state index in [1.54, 1.807) is 6.07 Å². The molecule has 7 nitrogen and oxygen atoms in total. The van der Waals surface area contributed by atoms with E-state index in [0.717, 1.165) is 31.4 Å². The van der Waals surface area contributed by atoms with E-state index in [2.05, 4.69) is 0 Å². The monoisotopic (exact) mass is 341 g/mol. The second-order valence-corrected chi connectivity index (χ2v) is 4.81. The van der Waals surface area contributed by atoms with Crippen molar-refractivity contribution in [2.45, 2.75) is 0 Å². The molecule has 8 heteroatoms. The van der Waals surface area contributed by atoms with Gasteiger partial charge in [-0.05, 0) is 29.8 Å². The summed E-state index contributed by atoms with van der Waals surface area (Å²) in [5.41, 5.74) is -1.48. The number of halogens is 1. The molecule has 0 unspecified atom stereocenters. The minimum absolute atomic E-state index is 0.0318. The van der Waals surface area contributed by atoms with Gasteiger partial charge in [0.2, 0.25) is 5.78 Å². The Morgan fingerprint density at radius 3 is 2.60 bits per heavy atom. The summed E-state index contributed by atoms with van der Waals surface area (Å²) in [6.45, 7) is 0. The molecule has 0 aliphatic carbocycles. The van der Waals surface area contributed by atoms with Crippen LogP contribution in [0.1, 0.15) is 15.9 Å². The zero-order chi connectivity index (χ0) is 18.6. The lowest BCUT2D eigenvalue weighted by atomic mass is 10.0. The second kappa shape index (κ2) is 7.23. The van der Waals surface area contributed by atoms with E-state index in [9.17, 15) is 29.7 Å². The van der Waals surface area contributed by atoms with Crippen molar-refractivity contribution in [3.05, 3.63) is 69.0 Å². The summed E-state index contributed by atoms with van der Waals surface area (Å²) in [5.74, 6) is -2.92. The number of benzene rings is 2. The smallest absolute Gasteiger partial charge is 0.266 e. The number of nitrogens with zero attached hydrogens (tertiary/aromatic N) is 2. The first-order valence-corrected chi connectivity index (χ1v) is 6.83. The number of nitriles is 1. The number of ketones is 1. The standard InChI is InChI=1S/C17H11FN2O5/c1-25-15-8-10(7-14(17(15)22)20(23)24)6-11(9-19)16(21)12-4-2-3-5-13(12)18/h2-8,22H,1H3/p-1/b11-6+. The van der Waals surface area contributed by atoms with Crippen LogP contribution in [0.4, 0.5) is 10.1 Å². The molecular formula is C17H10FN2O5-. The molecule has 2 aromatic carbocycles. The predicted molar refractivity (Wildman–Crippen MR) is 83.4 cm³/mol. The van der Waals surface area contributed by atoms with E-state index in [-0.39, 0.29) is 16.9 Å². The van der Waals surface area contributed by atoms with Crippen molar-refractivity contribution in [3.63, 3.8) is 0 Å². The summed E-state index contributed by atoms with van der Waals surface area (Å²) in [5, 5.41) is 31.9. The molecule has 0 heterocycles. The molecular weight excluding hydrogens is 331 g/mol. The van der Waals surface area contributed by atoms with Gasteiger partial charge in [0.05, 0.1) is 17.6 Å². The molecule has 0 saturated heterocycles. The minimum atomic E-state index is -0.927. The zero-order valence-corrected chi connectivity index (χ0v) is 12.9. The highest BCUT2D eigenvalue weighted by Gasteiger charge is 2.18. The molecule has 0 aliphatic heterocycles. The van der Waals surface area contributed by atoms with Gasteiger partial charge in [0.1, 0.15) is 23.2 Å². The lowest BCUT2D eigenvalue weighted by molar-refractivity contribution is -0.398. The van der Waals surface area contributed by atoms with Crippen molar-refractivity contribution >= 4 is 17.5 Å². The van der Waals surface area contributed by atoms with Crippen molar-refractivity contribution in [2.24, 2.45) is 0 Å². The summed E-state index contributed by atoms with van der Waals surface area (Å²) < 4.78 is 18.5. The predicted octanol–water partition coefficient (Wildman–Crippen LogP) is 2.61. The van der Waals surface area contributed by atoms with E-state index < -0.39 is 33.5 Å². The highest BCUT2D eigenvalue weighted by Crippen LogP contribution is 2.35. The Kier molecular flexibility index (Phi) is 5.09. The van der Waals surface area contributed by atoms with Crippen LogP contribution < -0.4 is 9.84 Å².